The fraction of sp³-hybridized carbons (Fsp3) is 0.500. The Morgan fingerprint density at radius 2 is 2.18 bits per heavy atom. The molecule has 0 spiro atoms. The third-order valence-corrected chi connectivity index (χ3v) is 4.57. The van der Waals surface area contributed by atoms with Crippen molar-refractivity contribution in [1.82, 2.24) is 25.2 Å². The van der Waals surface area contributed by atoms with Crippen LogP contribution in [0.1, 0.15) is 18.5 Å². The highest BCUT2D eigenvalue weighted by Gasteiger charge is 2.15. The van der Waals surface area contributed by atoms with Gasteiger partial charge in [0.25, 0.3) is 0 Å². The molecule has 1 fully saturated rings. The first kappa shape index (κ1) is 15.6. The number of nitrogens with one attached hydrogen (secondary N) is 1. The van der Waals surface area contributed by atoms with Crippen LogP contribution in [0.2, 0.25) is 0 Å². The number of rotatable bonds is 5. The summed E-state index contributed by atoms with van der Waals surface area (Å²) in [6.45, 7) is 4.28. The summed E-state index contributed by atoms with van der Waals surface area (Å²) in [5.41, 5.74) is 2.03. The van der Waals surface area contributed by atoms with Crippen molar-refractivity contribution < 1.29 is 0 Å². The van der Waals surface area contributed by atoms with Gasteiger partial charge in [-0.25, -0.2) is 4.68 Å². The van der Waals surface area contributed by atoms with E-state index in [-0.39, 0.29) is 0 Å². The number of hydrogen-bond acceptors (Lipinski definition) is 4. The molecule has 0 unspecified atom stereocenters. The van der Waals surface area contributed by atoms with Gasteiger partial charge in [-0.05, 0) is 57.1 Å². The van der Waals surface area contributed by atoms with E-state index in [2.05, 4.69) is 43.5 Å². The molecule has 118 valence electrons. The highest BCUT2D eigenvalue weighted by atomic mass is 79.9. The molecule has 0 saturated carbocycles. The molecule has 2 heterocycles. The summed E-state index contributed by atoms with van der Waals surface area (Å²) in [5, 5.41) is 12.0. The number of hydrogen-bond donors (Lipinski definition) is 1. The van der Waals surface area contributed by atoms with Crippen LogP contribution in [-0.2, 0) is 6.54 Å². The van der Waals surface area contributed by atoms with Crippen molar-refractivity contribution in [2.45, 2.75) is 19.4 Å². The monoisotopic (exact) mass is 363 g/mol. The third kappa shape index (κ3) is 4.15. The van der Waals surface area contributed by atoms with E-state index in [1.165, 1.54) is 12.8 Å². The Kier molecular flexibility index (Phi) is 5.23. The Balaban J connectivity index is 1.59. The summed E-state index contributed by atoms with van der Waals surface area (Å²) in [4.78, 5) is 2.35. The Hall–Kier alpha value is -1.24. The van der Waals surface area contributed by atoms with Crippen LogP contribution in [0.4, 0.5) is 0 Å². The molecule has 1 aliphatic heterocycles. The van der Waals surface area contributed by atoms with Crippen molar-refractivity contribution in [2.75, 3.05) is 26.7 Å². The maximum Gasteiger partial charge on any atom is 0.0971 e. The highest BCUT2D eigenvalue weighted by molar-refractivity contribution is 9.10. The van der Waals surface area contributed by atoms with Gasteiger partial charge in [-0.1, -0.05) is 27.2 Å². The second-order valence-electron chi connectivity index (χ2n) is 6.02. The zero-order valence-electron chi connectivity index (χ0n) is 12.9. The van der Waals surface area contributed by atoms with Crippen LogP contribution >= 0.6 is 15.9 Å². The molecule has 0 radical (unpaired) electrons. The Morgan fingerprint density at radius 3 is 2.95 bits per heavy atom. The molecule has 0 amide bonds. The first-order valence-electron chi connectivity index (χ1n) is 7.77. The molecule has 1 aromatic heterocycles. The minimum absolute atomic E-state index is 0.798. The van der Waals surface area contributed by atoms with Crippen LogP contribution in [0.15, 0.2) is 34.9 Å². The maximum atomic E-state index is 4.30. The van der Waals surface area contributed by atoms with Crippen molar-refractivity contribution in [1.29, 1.82) is 0 Å². The second-order valence-corrected chi connectivity index (χ2v) is 6.94. The van der Waals surface area contributed by atoms with Crippen molar-refractivity contribution >= 4 is 15.9 Å². The fourth-order valence-corrected chi connectivity index (χ4v) is 3.35. The predicted molar refractivity (Wildman–Crippen MR) is 91.0 cm³/mol. The first-order chi connectivity index (χ1) is 10.7. The molecular formula is C16H22BrN5. The van der Waals surface area contributed by atoms with Gasteiger partial charge in [-0.15, -0.1) is 5.10 Å². The minimum atomic E-state index is 0.798. The summed E-state index contributed by atoms with van der Waals surface area (Å²) in [6, 6.07) is 8.08. The Morgan fingerprint density at radius 1 is 1.36 bits per heavy atom. The lowest BCUT2D eigenvalue weighted by atomic mass is 9.98. The molecule has 5 nitrogen and oxygen atoms in total. The van der Waals surface area contributed by atoms with Crippen molar-refractivity contribution in [3.05, 3.63) is 40.6 Å². The molecule has 6 heteroatoms. The quantitative estimate of drug-likeness (QED) is 0.886. The van der Waals surface area contributed by atoms with Crippen LogP contribution in [0.25, 0.3) is 5.69 Å². The van der Waals surface area contributed by atoms with Gasteiger partial charge in [0.1, 0.15) is 0 Å². The second kappa shape index (κ2) is 7.35. The maximum absolute atomic E-state index is 4.30. The number of nitrogens with zero attached hydrogens (tertiary/aromatic N) is 4. The summed E-state index contributed by atoms with van der Waals surface area (Å²) >= 11 is 3.49. The number of benzene rings is 1. The normalized spacial score (nSPS) is 16.3. The number of halogens is 1. The van der Waals surface area contributed by atoms with E-state index in [4.69, 9.17) is 0 Å². The summed E-state index contributed by atoms with van der Waals surface area (Å²) in [6.07, 6.45) is 4.56. The van der Waals surface area contributed by atoms with Crippen molar-refractivity contribution in [3.8, 4) is 5.69 Å². The van der Waals surface area contributed by atoms with E-state index in [1.807, 2.05) is 35.1 Å². The topological polar surface area (TPSA) is 46.0 Å². The number of piperidine rings is 1. The average molecular weight is 364 g/mol. The largest absolute Gasteiger partial charge is 0.317 e. The van der Waals surface area contributed by atoms with E-state index >= 15 is 0 Å². The van der Waals surface area contributed by atoms with Gasteiger partial charge in [0.2, 0.25) is 0 Å². The first-order valence-corrected chi connectivity index (χ1v) is 8.56. The SMILES string of the molecule is CN(Cc1cn(-c2cccc(Br)c2)nn1)CC1CCNCC1. The van der Waals surface area contributed by atoms with E-state index in [9.17, 15) is 0 Å². The van der Waals surface area contributed by atoms with Gasteiger partial charge >= 0.3 is 0 Å². The molecule has 0 bridgehead atoms. The lowest BCUT2D eigenvalue weighted by Crippen LogP contribution is -2.34. The van der Waals surface area contributed by atoms with Crippen molar-refractivity contribution in [2.24, 2.45) is 5.92 Å². The lowest BCUT2D eigenvalue weighted by molar-refractivity contribution is 0.232. The summed E-state index contributed by atoms with van der Waals surface area (Å²) < 4.78 is 2.88. The molecule has 0 atom stereocenters. The molecule has 0 aliphatic carbocycles. The van der Waals surface area contributed by atoms with E-state index in [0.29, 0.717) is 0 Å². The zero-order chi connectivity index (χ0) is 15.4. The molecule has 1 aliphatic rings. The van der Waals surface area contributed by atoms with Gasteiger partial charge in [0.15, 0.2) is 0 Å². The third-order valence-electron chi connectivity index (χ3n) is 4.07. The van der Waals surface area contributed by atoms with Gasteiger partial charge in [0.05, 0.1) is 17.6 Å². The van der Waals surface area contributed by atoms with E-state index in [0.717, 1.165) is 48.0 Å². The molecular weight excluding hydrogens is 342 g/mol. The molecule has 1 N–H and O–H groups in total. The van der Waals surface area contributed by atoms with E-state index < -0.39 is 0 Å². The van der Waals surface area contributed by atoms with Gasteiger partial charge in [-0.3, -0.25) is 0 Å². The minimum Gasteiger partial charge on any atom is -0.317 e. The fourth-order valence-electron chi connectivity index (χ4n) is 2.96. The highest BCUT2D eigenvalue weighted by Crippen LogP contribution is 2.16. The Labute approximate surface area is 139 Å². The zero-order valence-corrected chi connectivity index (χ0v) is 14.5. The van der Waals surface area contributed by atoms with Gasteiger partial charge < -0.3 is 10.2 Å². The Bertz CT molecular complexity index is 606. The van der Waals surface area contributed by atoms with Crippen LogP contribution in [0.5, 0.6) is 0 Å². The molecule has 1 saturated heterocycles. The summed E-state index contributed by atoms with van der Waals surface area (Å²) in [5.74, 6) is 0.798. The smallest absolute Gasteiger partial charge is 0.0971 e. The van der Waals surface area contributed by atoms with Crippen LogP contribution in [-0.4, -0.2) is 46.6 Å². The predicted octanol–water partition coefficient (Wildman–Crippen LogP) is 2.46. The standard InChI is InChI=1S/C16H22BrN5/c1-21(10-13-5-7-18-8-6-13)11-15-12-22(20-19-15)16-4-2-3-14(17)9-16/h2-4,9,12-13,18H,5-8,10-11H2,1H3. The number of aromatic nitrogens is 3. The van der Waals surface area contributed by atoms with E-state index in [1.54, 1.807) is 0 Å². The lowest BCUT2D eigenvalue weighted by Gasteiger charge is -2.26. The molecule has 3 rings (SSSR count). The van der Waals surface area contributed by atoms with Crippen LogP contribution in [0.3, 0.4) is 0 Å². The van der Waals surface area contributed by atoms with Crippen LogP contribution < -0.4 is 5.32 Å². The average Bonchev–Trinajstić information content (AvgIpc) is 2.96. The van der Waals surface area contributed by atoms with Crippen molar-refractivity contribution in [3.63, 3.8) is 0 Å². The van der Waals surface area contributed by atoms with Crippen LogP contribution in [0, 0.1) is 5.92 Å². The molecule has 2 aromatic rings. The molecule has 22 heavy (non-hydrogen) atoms. The van der Waals surface area contributed by atoms with Gasteiger partial charge in [0, 0.05) is 17.6 Å². The summed E-state index contributed by atoms with van der Waals surface area (Å²) in [7, 11) is 2.17. The molecule has 1 aromatic carbocycles. The van der Waals surface area contributed by atoms with Gasteiger partial charge in [-0.2, -0.15) is 0 Å².